The van der Waals surface area contributed by atoms with Crippen LogP contribution in [0.15, 0.2) is 49.3 Å². The molecular formula is C14H17BrN2. The molecule has 3 heteroatoms. The number of hydrogen-bond acceptors (Lipinski definition) is 0. The number of halogens is 1. The fraction of sp³-hybridized carbons (Fsp3) is 0.214. The summed E-state index contributed by atoms with van der Waals surface area (Å²) in [4.78, 5) is 3.23. The number of nitrogens with one attached hydrogen (secondary N) is 1. The zero-order valence-electron chi connectivity index (χ0n) is 9.77. The normalized spacial score (nSPS) is 9.65. The van der Waals surface area contributed by atoms with Gasteiger partial charge in [0.2, 0.25) is 0 Å². The van der Waals surface area contributed by atoms with E-state index in [9.17, 15) is 0 Å². The van der Waals surface area contributed by atoms with Crippen molar-refractivity contribution < 1.29 is 21.5 Å². The largest absolute Gasteiger partial charge is 1.00 e. The van der Waals surface area contributed by atoms with E-state index in [2.05, 4.69) is 41.9 Å². The van der Waals surface area contributed by atoms with E-state index in [0.29, 0.717) is 0 Å². The van der Waals surface area contributed by atoms with Crippen molar-refractivity contribution in [2.24, 2.45) is 0 Å². The van der Waals surface area contributed by atoms with Gasteiger partial charge >= 0.3 is 0 Å². The lowest BCUT2D eigenvalue weighted by Gasteiger charge is -1.98. The summed E-state index contributed by atoms with van der Waals surface area (Å²) in [6.07, 6.45) is 9.09. The molecule has 0 amide bonds. The number of hydrogen-bond donors (Lipinski definition) is 1. The molecule has 0 spiro atoms. The maximum Gasteiger partial charge on any atom is 0.258 e. The molecule has 0 radical (unpaired) electrons. The second-order valence-corrected chi connectivity index (χ2v) is 3.84. The van der Waals surface area contributed by atoms with E-state index < -0.39 is 0 Å². The SMILES string of the molecule is C=C[n+]1cc[nH]c1CCCc1ccccc1.[Br-]. The Morgan fingerprint density at radius 1 is 1.18 bits per heavy atom. The average molecular weight is 293 g/mol. The molecule has 0 aliphatic rings. The van der Waals surface area contributed by atoms with Crippen LogP contribution in [0.5, 0.6) is 0 Å². The van der Waals surface area contributed by atoms with Crippen molar-refractivity contribution >= 4 is 6.20 Å². The van der Waals surface area contributed by atoms with Gasteiger partial charge in [0.25, 0.3) is 5.82 Å². The molecule has 2 aromatic rings. The second kappa shape index (κ2) is 7.07. The van der Waals surface area contributed by atoms with Crippen LogP contribution in [0.3, 0.4) is 0 Å². The van der Waals surface area contributed by atoms with Crippen molar-refractivity contribution in [3.8, 4) is 0 Å². The molecule has 1 N–H and O–H groups in total. The minimum absolute atomic E-state index is 0. The number of H-pyrrole nitrogens is 1. The van der Waals surface area contributed by atoms with Gasteiger partial charge in [0, 0.05) is 6.42 Å². The Balaban J connectivity index is 0.00000144. The molecular weight excluding hydrogens is 276 g/mol. The first-order valence-corrected chi connectivity index (χ1v) is 5.64. The Hall–Kier alpha value is -1.35. The number of aromatic amines is 1. The molecule has 2 rings (SSSR count). The fourth-order valence-electron chi connectivity index (χ4n) is 1.86. The molecule has 17 heavy (non-hydrogen) atoms. The fourth-order valence-corrected chi connectivity index (χ4v) is 1.86. The summed E-state index contributed by atoms with van der Waals surface area (Å²) in [6, 6.07) is 10.6. The summed E-state index contributed by atoms with van der Waals surface area (Å²) < 4.78 is 2.03. The molecule has 1 aromatic carbocycles. The molecule has 1 aromatic heterocycles. The molecule has 2 nitrogen and oxygen atoms in total. The Kier molecular flexibility index (Phi) is 5.70. The summed E-state index contributed by atoms with van der Waals surface area (Å²) >= 11 is 0. The smallest absolute Gasteiger partial charge is 0.258 e. The van der Waals surface area contributed by atoms with Gasteiger partial charge in [0.05, 0.1) is 6.20 Å². The summed E-state index contributed by atoms with van der Waals surface area (Å²) in [5, 5.41) is 0. The van der Waals surface area contributed by atoms with Crippen LogP contribution in [0.1, 0.15) is 17.8 Å². The van der Waals surface area contributed by atoms with Crippen molar-refractivity contribution in [1.82, 2.24) is 4.98 Å². The zero-order valence-corrected chi connectivity index (χ0v) is 11.4. The van der Waals surface area contributed by atoms with E-state index >= 15 is 0 Å². The minimum atomic E-state index is 0. The van der Waals surface area contributed by atoms with Crippen LogP contribution in [0.4, 0.5) is 0 Å². The van der Waals surface area contributed by atoms with Gasteiger partial charge < -0.3 is 17.0 Å². The maximum atomic E-state index is 3.77. The van der Waals surface area contributed by atoms with Gasteiger partial charge in [-0.3, -0.25) is 0 Å². The highest BCUT2D eigenvalue weighted by atomic mass is 79.9. The van der Waals surface area contributed by atoms with Crippen molar-refractivity contribution in [3.05, 3.63) is 60.7 Å². The quantitative estimate of drug-likeness (QED) is 0.723. The minimum Gasteiger partial charge on any atom is -1.00 e. The van der Waals surface area contributed by atoms with E-state index in [-0.39, 0.29) is 17.0 Å². The predicted octanol–water partition coefficient (Wildman–Crippen LogP) is -0.418. The first kappa shape index (κ1) is 13.7. The van der Waals surface area contributed by atoms with Gasteiger partial charge in [-0.25, -0.2) is 9.55 Å². The Morgan fingerprint density at radius 3 is 2.65 bits per heavy atom. The lowest BCUT2D eigenvalue weighted by molar-refractivity contribution is -0.575. The third-order valence-corrected chi connectivity index (χ3v) is 2.72. The van der Waals surface area contributed by atoms with E-state index in [1.165, 1.54) is 11.4 Å². The Labute approximate surface area is 113 Å². The highest BCUT2D eigenvalue weighted by Gasteiger charge is 2.06. The van der Waals surface area contributed by atoms with Crippen LogP contribution in [0, 0.1) is 0 Å². The topological polar surface area (TPSA) is 19.7 Å². The number of rotatable bonds is 5. The molecule has 0 saturated heterocycles. The van der Waals surface area contributed by atoms with Crippen molar-refractivity contribution in [2.45, 2.75) is 19.3 Å². The third kappa shape index (κ3) is 3.86. The summed E-state index contributed by atoms with van der Waals surface area (Å²) in [6.45, 7) is 3.77. The molecule has 1 heterocycles. The van der Waals surface area contributed by atoms with Crippen molar-refractivity contribution in [2.75, 3.05) is 0 Å². The zero-order chi connectivity index (χ0) is 11.2. The van der Waals surface area contributed by atoms with Crippen LogP contribution in [0.2, 0.25) is 0 Å². The van der Waals surface area contributed by atoms with Crippen LogP contribution in [-0.2, 0) is 12.8 Å². The first-order chi connectivity index (χ1) is 7.90. The third-order valence-electron chi connectivity index (χ3n) is 2.72. The van der Waals surface area contributed by atoms with Crippen LogP contribution < -0.4 is 21.5 Å². The molecule has 0 fully saturated rings. The Bertz CT molecular complexity index is 448. The second-order valence-electron chi connectivity index (χ2n) is 3.84. The average Bonchev–Trinajstić information content (AvgIpc) is 2.78. The van der Waals surface area contributed by atoms with Gasteiger partial charge in [-0.05, 0) is 18.4 Å². The standard InChI is InChI=1S/C14H16N2.BrH/c1-2-16-12-11-15-14(16)10-6-9-13-7-4-3-5-8-13;/h2-5,7-8,11-12H,1,6,9-10H2;1H. The molecule has 90 valence electrons. The first-order valence-electron chi connectivity index (χ1n) is 5.64. The van der Waals surface area contributed by atoms with Crippen molar-refractivity contribution in [1.29, 1.82) is 0 Å². The summed E-state index contributed by atoms with van der Waals surface area (Å²) in [7, 11) is 0. The highest BCUT2D eigenvalue weighted by Crippen LogP contribution is 2.04. The number of imidazole rings is 1. The van der Waals surface area contributed by atoms with E-state index in [0.717, 1.165) is 19.3 Å². The van der Waals surface area contributed by atoms with Crippen LogP contribution in [-0.4, -0.2) is 4.98 Å². The van der Waals surface area contributed by atoms with E-state index in [4.69, 9.17) is 0 Å². The number of aromatic nitrogens is 2. The van der Waals surface area contributed by atoms with Crippen LogP contribution in [0.25, 0.3) is 6.20 Å². The monoisotopic (exact) mass is 292 g/mol. The lowest BCUT2D eigenvalue weighted by atomic mass is 10.1. The van der Waals surface area contributed by atoms with Gasteiger partial charge in [0.15, 0.2) is 0 Å². The van der Waals surface area contributed by atoms with E-state index in [1.54, 1.807) is 0 Å². The number of aryl methyl sites for hydroxylation is 2. The maximum absolute atomic E-state index is 3.77. The van der Waals surface area contributed by atoms with Crippen LogP contribution >= 0.6 is 0 Å². The molecule has 0 bridgehead atoms. The van der Waals surface area contributed by atoms with Gasteiger partial charge in [-0.1, -0.05) is 36.9 Å². The molecule has 0 aliphatic carbocycles. The molecule has 0 aliphatic heterocycles. The van der Waals surface area contributed by atoms with Gasteiger partial charge in [-0.2, -0.15) is 0 Å². The molecule has 0 atom stereocenters. The number of nitrogens with zero attached hydrogens (tertiary/aromatic N) is 1. The number of benzene rings is 1. The van der Waals surface area contributed by atoms with Gasteiger partial charge in [-0.15, -0.1) is 0 Å². The lowest BCUT2D eigenvalue weighted by Crippen LogP contribution is -3.00. The van der Waals surface area contributed by atoms with Crippen molar-refractivity contribution in [3.63, 3.8) is 0 Å². The summed E-state index contributed by atoms with van der Waals surface area (Å²) in [5.41, 5.74) is 1.40. The highest BCUT2D eigenvalue weighted by molar-refractivity contribution is 5.14. The van der Waals surface area contributed by atoms with Gasteiger partial charge in [0.1, 0.15) is 12.4 Å². The Morgan fingerprint density at radius 2 is 1.94 bits per heavy atom. The molecule has 0 saturated carbocycles. The van der Waals surface area contributed by atoms with E-state index in [1.807, 2.05) is 23.2 Å². The summed E-state index contributed by atoms with van der Waals surface area (Å²) in [5.74, 6) is 1.21. The predicted molar refractivity (Wildman–Crippen MR) is 65.8 cm³/mol. The molecule has 0 unspecified atom stereocenters.